The Morgan fingerprint density at radius 3 is 2.07 bits per heavy atom. The molecule has 88 valence electrons. The zero-order chi connectivity index (χ0) is 12.3. The largest absolute Gasteiger partial charge is 0.458 e. The number of hydrogen-bond donors (Lipinski definition) is 2. The van der Waals surface area contributed by atoms with Gasteiger partial charge in [0.05, 0.1) is 6.42 Å². The molecule has 0 radical (unpaired) electrons. The summed E-state index contributed by atoms with van der Waals surface area (Å²) in [5.41, 5.74) is 2.45. The first-order valence-electron chi connectivity index (χ1n) is 4.85. The molecule has 3 N–H and O–H groups in total. The van der Waals surface area contributed by atoms with Crippen molar-refractivity contribution in [1.29, 1.82) is 0 Å². The highest BCUT2D eigenvalue weighted by Crippen LogP contribution is 2.20. The number of esters is 1. The lowest BCUT2D eigenvalue weighted by Gasteiger charge is -2.28. The van der Waals surface area contributed by atoms with Gasteiger partial charge >= 0.3 is 5.97 Å². The van der Waals surface area contributed by atoms with Crippen LogP contribution in [0.5, 0.6) is 0 Å². The Kier molecular flexibility index (Phi) is 4.27. The van der Waals surface area contributed by atoms with E-state index in [1.54, 1.807) is 27.7 Å². The van der Waals surface area contributed by atoms with Crippen LogP contribution in [0.3, 0.4) is 0 Å². The zero-order valence-electron chi connectivity index (χ0n) is 9.66. The van der Waals surface area contributed by atoms with Gasteiger partial charge in [0, 0.05) is 0 Å². The topological polar surface area (TPSA) is 89.6 Å². The van der Waals surface area contributed by atoms with Crippen molar-refractivity contribution < 1.29 is 19.4 Å². The van der Waals surface area contributed by atoms with E-state index < -0.39 is 29.5 Å². The molecule has 0 aliphatic heterocycles. The molecule has 5 nitrogen and oxygen atoms in total. The molecule has 0 fully saturated rings. The van der Waals surface area contributed by atoms with Gasteiger partial charge < -0.3 is 15.6 Å². The molecule has 0 aromatic heterocycles. The van der Waals surface area contributed by atoms with Gasteiger partial charge in [-0.25, -0.2) is 4.79 Å². The van der Waals surface area contributed by atoms with Crippen LogP contribution in [0.4, 0.5) is 0 Å². The van der Waals surface area contributed by atoms with Crippen LogP contribution >= 0.6 is 0 Å². The molecule has 5 heteroatoms. The molecule has 1 amide bonds. The van der Waals surface area contributed by atoms with Crippen LogP contribution in [-0.2, 0) is 14.3 Å². The van der Waals surface area contributed by atoms with Gasteiger partial charge in [-0.3, -0.25) is 4.79 Å². The van der Waals surface area contributed by atoms with Crippen LogP contribution in [0.25, 0.3) is 0 Å². The molecule has 0 aromatic carbocycles. The monoisotopic (exact) mass is 217 g/mol. The van der Waals surface area contributed by atoms with Gasteiger partial charge in [0.25, 0.3) is 0 Å². The minimum absolute atomic E-state index is 0.0881. The normalized spacial score (nSPS) is 15.5. The molecule has 0 aliphatic rings. The molecule has 0 spiro atoms. The zero-order valence-corrected chi connectivity index (χ0v) is 9.66. The Hall–Kier alpha value is -1.10. The minimum atomic E-state index is -1.81. The van der Waals surface area contributed by atoms with E-state index in [0.717, 1.165) is 0 Å². The summed E-state index contributed by atoms with van der Waals surface area (Å²) in [6, 6.07) is 0. The third-order valence-corrected chi connectivity index (χ3v) is 1.83. The molecule has 0 heterocycles. The first kappa shape index (κ1) is 13.9. The maximum Gasteiger partial charge on any atom is 0.339 e. The summed E-state index contributed by atoms with van der Waals surface area (Å²) >= 11 is 0. The lowest BCUT2D eigenvalue weighted by atomic mass is 9.96. The van der Waals surface area contributed by atoms with Gasteiger partial charge in [0.1, 0.15) is 5.60 Å². The van der Waals surface area contributed by atoms with E-state index in [9.17, 15) is 14.7 Å². The summed E-state index contributed by atoms with van der Waals surface area (Å²) in [4.78, 5) is 22.3. The summed E-state index contributed by atoms with van der Waals surface area (Å²) in [6.45, 7) is 6.65. The molecule has 0 aromatic rings. The van der Waals surface area contributed by atoms with E-state index in [2.05, 4.69) is 0 Å². The highest BCUT2D eigenvalue weighted by molar-refractivity contribution is 5.87. The minimum Gasteiger partial charge on any atom is -0.458 e. The predicted octanol–water partition coefficient (Wildman–Crippen LogP) is 0.345. The number of ether oxygens (including phenoxy) is 1. The average Bonchev–Trinajstić information content (AvgIpc) is 1.99. The Balaban J connectivity index is 4.66. The Bertz CT molecular complexity index is 257. The second-order valence-electron chi connectivity index (χ2n) is 4.53. The van der Waals surface area contributed by atoms with Crippen molar-refractivity contribution in [2.75, 3.05) is 0 Å². The predicted molar refractivity (Wildman–Crippen MR) is 54.9 cm³/mol. The number of primary amides is 1. The number of aliphatic hydroxyl groups is 1. The van der Waals surface area contributed by atoms with Gasteiger partial charge in [-0.1, -0.05) is 6.92 Å². The Morgan fingerprint density at radius 1 is 1.33 bits per heavy atom. The fraction of sp³-hybridized carbons (Fsp3) is 0.800. The van der Waals surface area contributed by atoms with E-state index in [1.807, 2.05) is 0 Å². The van der Waals surface area contributed by atoms with Gasteiger partial charge in [0.15, 0.2) is 5.60 Å². The lowest BCUT2D eigenvalue weighted by molar-refractivity contribution is -0.179. The van der Waals surface area contributed by atoms with Crippen LogP contribution in [0.1, 0.15) is 40.5 Å². The van der Waals surface area contributed by atoms with E-state index in [0.29, 0.717) is 0 Å². The Labute approximate surface area is 89.6 Å². The van der Waals surface area contributed by atoms with Crippen molar-refractivity contribution in [1.82, 2.24) is 0 Å². The van der Waals surface area contributed by atoms with Crippen molar-refractivity contribution in [3.8, 4) is 0 Å². The molecule has 0 bridgehead atoms. The fourth-order valence-electron chi connectivity index (χ4n) is 1.00. The lowest BCUT2D eigenvalue weighted by Crippen LogP contribution is -2.45. The van der Waals surface area contributed by atoms with Gasteiger partial charge in [-0.15, -0.1) is 0 Å². The smallest absolute Gasteiger partial charge is 0.339 e. The molecule has 15 heavy (non-hydrogen) atoms. The molecule has 0 rings (SSSR count). The van der Waals surface area contributed by atoms with Crippen LogP contribution in [-0.4, -0.2) is 28.2 Å². The average molecular weight is 217 g/mol. The molecule has 0 aliphatic carbocycles. The summed E-state index contributed by atoms with van der Waals surface area (Å²) in [7, 11) is 0. The number of hydrogen-bond acceptors (Lipinski definition) is 4. The maximum atomic E-state index is 11.6. The summed E-state index contributed by atoms with van der Waals surface area (Å²) in [6.07, 6.45) is -0.330. The number of rotatable bonds is 4. The van der Waals surface area contributed by atoms with Gasteiger partial charge in [0.2, 0.25) is 5.91 Å². The first-order chi connectivity index (χ1) is 6.60. The van der Waals surface area contributed by atoms with E-state index in [1.165, 1.54) is 0 Å². The van der Waals surface area contributed by atoms with Crippen LogP contribution in [0.2, 0.25) is 0 Å². The first-order valence-corrected chi connectivity index (χ1v) is 4.85. The molecule has 0 saturated carbocycles. The highest BCUT2D eigenvalue weighted by Gasteiger charge is 2.39. The maximum absolute atomic E-state index is 11.6. The number of carbonyl (C=O) groups is 2. The van der Waals surface area contributed by atoms with Gasteiger partial charge in [-0.05, 0) is 27.2 Å². The van der Waals surface area contributed by atoms with Crippen molar-refractivity contribution in [2.45, 2.75) is 51.7 Å². The standard InChI is InChI=1S/C10H19NO4/c1-5-10(14,6-7(11)12)8(13)15-9(2,3)4/h14H,5-6H2,1-4H3,(H2,11,12). The van der Waals surface area contributed by atoms with Crippen molar-refractivity contribution in [3.63, 3.8) is 0 Å². The van der Waals surface area contributed by atoms with Crippen LogP contribution < -0.4 is 5.73 Å². The van der Waals surface area contributed by atoms with E-state index >= 15 is 0 Å². The number of carbonyl (C=O) groups excluding carboxylic acids is 2. The third kappa shape index (κ3) is 4.78. The second-order valence-corrected chi connectivity index (χ2v) is 4.53. The van der Waals surface area contributed by atoms with Gasteiger partial charge in [-0.2, -0.15) is 0 Å². The molecule has 1 atom stereocenters. The van der Waals surface area contributed by atoms with E-state index in [4.69, 9.17) is 10.5 Å². The highest BCUT2D eigenvalue weighted by atomic mass is 16.6. The SMILES string of the molecule is CCC(O)(CC(N)=O)C(=O)OC(C)(C)C. The van der Waals surface area contributed by atoms with Crippen LogP contribution in [0, 0.1) is 0 Å². The summed E-state index contributed by atoms with van der Waals surface area (Å²) in [5, 5.41) is 9.85. The molecular weight excluding hydrogens is 198 g/mol. The molecular formula is C10H19NO4. The number of amides is 1. The summed E-state index contributed by atoms with van der Waals surface area (Å²) in [5.74, 6) is -1.54. The number of nitrogens with two attached hydrogens (primary N) is 1. The third-order valence-electron chi connectivity index (χ3n) is 1.83. The van der Waals surface area contributed by atoms with Crippen LogP contribution in [0.15, 0.2) is 0 Å². The quantitative estimate of drug-likeness (QED) is 0.665. The molecule has 0 saturated heterocycles. The van der Waals surface area contributed by atoms with Crippen molar-refractivity contribution in [3.05, 3.63) is 0 Å². The summed E-state index contributed by atoms with van der Waals surface area (Å²) < 4.78 is 5.00. The van der Waals surface area contributed by atoms with Crippen molar-refractivity contribution >= 4 is 11.9 Å². The fourth-order valence-corrected chi connectivity index (χ4v) is 1.00. The Morgan fingerprint density at radius 2 is 1.80 bits per heavy atom. The van der Waals surface area contributed by atoms with E-state index in [-0.39, 0.29) is 6.42 Å². The second kappa shape index (κ2) is 4.61. The van der Waals surface area contributed by atoms with Crippen molar-refractivity contribution in [2.24, 2.45) is 5.73 Å². The molecule has 1 unspecified atom stereocenters.